The summed E-state index contributed by atoms with van der Waals surface area (Å²) in [4.78, 5) is 34.9. The number of thioether (sulfide) groups is 1. The maximum atomic E-state index is 12.8. The van der Waals surface area contributed by atoms with E-state index in [0.717, 1.165) is 28.2 Å². The topological polar surface area (TPSA) is 104 Å². The molecule has 9 heteroatoms. The molecule has 0 radical (unpaired) electrons. The third-order valence-corrected chi connectivity index (χ3v) is 5.57. The number of nitrogens with zero attached hydrogens (tertiary/aromatic N) is 1. The number of carbonyl (C=O) groups is 3. The van der Waals surface area contributed by atoms with Gasteiger partial charge in [-0.05, 0) is 55.8 Å². The molecule has 2 N–H and O–H groups in total. The molecule has 2 rings (SSSR count). The largest absolute Gasteiger partial charge is 0.490 e. The fraction of sp³-hybridized carbons (Fsp3) is 0.192. The van der Waals surface area contributed by atoms with Gasteiger partial charge in [0, 0.05) is 45.7 Å². The van der Waals surface area contributed by atoms with Gasteiger partial charge in [-0.25, -0.2) is 9.59 Å². The van der Waals surface area contributed by atoms with Gasteiger partial charge in [-0.15, -0.1) is 18.3 Å². The van der Waals surface area contributed by atoms with E-state index in [-0.39, 0.29) is 5.78 Å². The number of benzene rings is 2. The van der Waals surface area contributed by atoms with Gasteiger partial charge in [0.15, 0.2) is 5.78 Å². The molecule has 0 aliphatic heterocycles. The van der Waals surface area contributed by atoms with Crippen molar-refractivity contribution in [1.29, 1.82) is 0 Å². The van der Waals surface area contributed by atoms with Crippen LogP contribution in [-0.4, -0.2) is 65.8 Å². The highest BCUT2D eigenvalue weighted by Crippen LogP contribution is 2.28. The third-order valence-electron chi connectivity index (χ3n) is 4.26. The Labute approximate surface area is 217 Å². The van der Waals surface area contributed by atoms with E-state index >= 15 is 0 Å². The summed E-state index contributed by atoms with van der Waals surface area (Å²) < 4.78 is 6.75. The number of carboxylic acid groups (broad SMARTS) is 2. The minimum absolute atomic E-state index is 0.0172. The van der Waals surface area contributed by atoms with Gasteiger partial charge in [0.1, 0.15) is 12.4 Å². The average Bonchev–Trinajstić information content (AvgIpc) is 2.83. The summed E-state index contributed by atoms with van der Waals surface area (Å²) in [6.45, 7) is 5.93. The first-order valence-electron chi connectivity index (χ1n) is 10.4. The summed E-state index contributed by atoms with van der Waals surface area (Å²) in [7, 11) is 2.04. The van der Waals surface area contributed by atoms with Crippen LogP contribution in [0.15, 0.2) is 88.8 Å². The van der Waals surface area contributed by atoms with Crippen molar-refractivity contribution in [2.24, 2.45) is 0 Å². The molecule has 0 bridgehead atoms. The fourth-order valence-electron chi connectivity index (χ4n) is 2.61. The summed E-state index contributed by atoms with van der Waals surface area (Å²) >= 11 is 4.94. The first-order valence-corrected chi connectivity index (χ1v) is 12.4. The van der Waals surface area contributed by atoms with E-state index in [1.54, 1.807) is 11.8 Å². The van der Waals surface area contributed by atoms with Crippen molar-refractivity contribution in [2.75, 3.05) is 33.0 Å². The number of carboxylic acids is 2. The highest BCUT2D eigenvalue weighted by molar-refractivity contribution is 9.10. The van der Waals surface area contributed by atoms with Gasteiger partial charge in [0.25, 0.3) is 0 Å². The number of rotatable bonds is 12. The molecular formula is C26H28BrNO6S. The van der Waals surface area contributed by atoms with Crippen molar-refractivity contribution in [2.45, 2.75) is 4.90 Å². The third kappa shape index (κ3) is 12.2. The molecule has 0 fully saturated rings. The van der Waals surface area contributed by atoms with Gasteiger partial charge in [0.2, 0.25) is 0 Å². The van der Waals surface area contributed by atoms with Gasteiger partial charge in [-0.2, -0.15) is 0 Å². The summed E-state index contributed by atoms with van der Waals surface area (Å²) in [6, 6.07) is 13.0. The predicted octanol–water partition coefficient (Wildman–Crippen LogP) is 5.17. The minimum Gasteiger partial charge on any atom is -0.490 e. The van der Waals surface area contributed by atoms with Crippen LogP contribution in [0.4, 0.5) is 0 Å². The monoisotopic (exact) mass is 561 g/mol. The molecule has 0 heterocycles. The summed E-state index contributed by atoms with van der Waals surface area (Å²) in [5.41, 5.74) is 1.37. The van der Waals surface area contributed by atoms with Crippen LogP contribution < -0.4 is 4.74 Å². The van der Waals surface area contributed by atoms with Crippen molar-refractivity contribution in [1.82, 2.24) is 4.90 Å². The second kappa shape index (κ2) is 16.5. The first kappa shape index (κ1) is 29.9. The second-order valence-electron chi connectivity index (χ2n) is 7.00. The number of hydrogen-bond acceptors (Lipinski definition) is 6. The Morgan fingerprint density at radius 2 is 1.66 bits per heavy atom. The molecule has 0 amide bonds. The molecule has 2 aromatic carbocycles. The van der Waals surface area contributed by atoms with Crippen LogP contribution in [-0.2, 0) is 9.59 Å². The van der Waals surface area contributed by atoms with E-state index in [0.29, 0.717) is 29.9 Å². The van der Waals surface area contributed by atoms with Gasteiger partial charge in [0.05, 0.1) is 0 Å². The predicted molar refractivity (Wildman–Crippen MR) is 143 cm³/mol. The first-order chi connectivity index (χ1) is 16.7. The fourth-order valence-corrected chi connectivity index (χ4v) is 3.49. The maximum Gasteiger partial charge on any atom is 0.328 e. The molecule has 0 aliphatic carbocycles. The normalized spacial score (nSPS) is 10.7. The Kier molecular flexibility index (Phi) is 14.1. The van der Waals surface area contributed by atoms with Crippen molar-refractivity contribution < 1.29 is 29.3 Å². The van der Waals surface area contributed by atoms with E-state index in [2.05, 4.69) is 33.5 Å². The Morgan fingerprint density at radius 1 is 1.03 bits per heavy atom. The van der Waals surface area contributed by atoms with E-state index in [1.165, 1.54) is 0 Å². The zero-order valence-electron chi connectivity index (χ0n) is 19.5. The van der Waals surface area contributed by atoms with Gasteiger partial charge >= 0.3 is 11.9 Å². The lowest BCUT2D eigenvalue weighted by molar-refractivity contribution is -0.134. The van der Waals surface area contributed by atoms with E-state index in [1.807, 2.05) is 67.9 Å². The zero-order chi connectivity index (χ0) is 26.2. The average molecular weight is 562 g/mol. The lowest BCUT2D eigenvalue weighted by Crippen LogP contribution is -2.17. The van der Waals surface area contributed by atoms with E-state index in [9.17, 15) is 14.4 Å². The SMILES string of the molecule is C=CCN(C)CC=CCOc1ccc(C(=O)c2ccc(Br)cc2)c(SC)c1.O=C(O)C=CC(=O)O. The summed E-state index contributed by atoms with van der Waals surface area (Å²) in [5.74, 6) is -1.74. The van der Waals surface area contributed by atoms with Crippen LogP contribution in [0, 0.1) is 0 Å². The van der Waals surface area contributed by atoms with Crippen LogP contribution >= 0.6 is 27.7 Å². The Hall–Kier alpha value is -3.14. The van der Waals surface area contributed by atoms with Crippen LogP contribution in [0.5, 0.6) is 5.75 Å². The Balaban J connectivity index is 0.000000658. The maximum absolute atomic E-state index is 12.8. The van der Waals surface area contributed by atoms with E-state index in [4.69, 9.17) is 14.9 Å². The number of ketones is 1. The molecule has 0 saturated heterocycles. The molecule has 0 unspecified atom stereocenters. The lowest BCUT2D eigenvalue weighted by Gasteiger charge is -2.11. The number of halogens is 1. The van der Waals surface area contributed by atoms with Crippen LogP contribution in [0.3, 0.4) is 0 Å². The quantitative estimate of drug-likeness (QED) is 0.158. The standard InChI is InChI=1S/C22H24BrNO2S.C4H4O4/c1-4-13-24(2)14-5-6-15-26-19-11-12-20(21(16-19)27-3)22(25)17-7-9-18(23)10-8-17;5-3(6)1-2-4(7)8/h4-12,16H,1,13-15H2,2-3H3;1-2H,(H,5,6)(H,7,8). The zero-order valence-corrected chi connectivity index (χ0v) is 21.9. The van der Waals surface area contributed by atoms with Gasteiger partial charge in [-0.3, -0.25) is 9.69 Å². The van der Waals surface area contributed by atoms with Gasteiger partial charge in [-0.1, -0.05) is 34.2 Å². The molecule has 0 atom stereocenters. The Bertz CT molecular complexity index is 1050. The van der Waals surface area contributed by atoms with Gasteiger partial charge < -0.3 is 14.9 Å². The van der Waals surface area contributed by atoms with E-state index < -0.39 is 11.9 Å². The molecule has 0 saturated carbocycles. The highest BCUT2D eigenvalue weighted by Gasteiger charge is 2.14. The summed E-state index contributed by atoms with van der Waals surface area (Å²) in [6.07, 6.45) is 9.03. The van der Waals surface area contributed by atoms with Crippen LogP contribution in [0.2, 0.25) is 0 Å². The van der Waals surface area contributed by atoms with Crippen LogP contribution in [0.25, 0.3) is 0 Å². The molecule has 0 aromatic heterocycles. The number of hydrogen-bond donors (Lipinski definition) is 2. The minimum atomic E-state index is -1.26. The summed E-state index contributed by atoms with van der Waals surface area (Å²) in [5, 5.41) is 15.6. The molecule has 0 spiro atoms. The van der Waals surface area contributed by atoms with Crippen molar-refractivity contribution in [3.63, 3.8) is 0 Å². The lowest BCUT2D eigenvalue weighted by atomic mass is 10.0. The number of aliphatic carboxylic acids is 2. The van der Waals surface area contributed by atoms with Crippen LogP contribution in [0.1, 0.15) is 15.9 Å². The molecule has 0 aliphatic rings. The van der Waals surface area contributed by atoms with Crippen molar-refractivity contribution in [3.8, 4) is 5.75 Å². The number of carbonyl (C=O) groups excluding carboxylic acids is 1. The molecule has 186 valence electrons. The Morgan fingerprint density at radius 3 is 2.20 bits per heavy atom. The molecular weight excluding hydrogens is 534 g/mol. The number of ether oxygens (including phenoxy) is 1. The molecule has 2 aromatic rings. The number of likely N-dealkylation sites (N-methyl/N-ethyl adjacent to an activating group) is 1. The highest BCUT2D eigenvalue weighted by atomic mass is 79.9. The second-order valence-corrected chi connectivity index (χ2v) is 8.76. The van der Waals surface area contributed by atoms with Crippen molar-refractivity contribution in [3.05, 3.63) is 95.0 Å². The smallest absolute Gasteiger partial charge is 0.328 e. The van der Waals surface area contributed by atoms with Crippen molar-refractivity contribution >= 4 is 45.4 Å². The molecule has 35 heavy (non-hydrogen) atoms. The molecule has 7 nitrogen and oxygen atoms in total.